The van der Waals surface area contributed by atoms with Crippen molar-refractivity contribution >= 4 is 29.9 Å². The number of nitrogens with zero attached hydrogens (tertiary/aromatic N) is 3. The SMILES string of the molecule is CCc1ccccc1CNC(=NC)NCCc1nc(C)no1.I. The Morgan fingerprint density at radius 1 is 1.22 bits per heavy atom. The lowest BCUT2D eigenvalue weighted by Crippen LogP contribution is -2.38. The largest absolute Gasteiger partial charge is 0.356 e. The van der Waals surface area contributed by atoms with Crippen molar-refractivity contribution in [3.8, 4) is 0 Å². The molecule has 7 heteroatoms. The summed E-state index contributed by atoms with van der Waals surface area (Å²) < 4.78 is 5.08. The number of aliphatic imine (C=N–C) groups is 1. The number of aromatic nitrogens is 2. The highest BCUT2D eigenvalue weighted by Gasteiger charge is 2.04. The van der Waals surface area contributed by atoms with E-state index < -0.39 is 0 Å². The fourth-order valence-corrected chi connectivity index (χ4v) is 2.20. The molecule has 0 aliphatic heterocycles. The molecule has 2 rings (SSSR count). The summed E-state index contributed by atoms with van der Waals surface area (Å²) in [5.41, 5.74) is 2.65. The molecule has 0 aliphatic carbocycles. The maximum Gasteiger partial charge on any atom is 0.228 e. The van der Waals surface area contributed by atoms with Crippen molar-refractivity contribution in [2.24, 2.45) is 4.99 Å². The lowest BCUT2D eigenvalue weighted by atomic mass is 10.1. The molecule has 0 atom stereocenters. The quantitative estimate of drug-likeness (QED) is 0.419. The van der Waals surface area contributed by atoms with Gasteiger partial charge in [0.15, 0.2) is 11.8 Å². The van der Waals surface area contributed by atoms with Gasteiger partial charge >= 0.3 is 0 Å². The van der Waals surface area contributed by atoms with Crippen LogP contribution in [0.2, 0.25) is 0 Å². The van der Waals surface area contributed by atoms with Crippen molar-refractivity contribution in [1.29, 1.82) is 0 Å². The van der Waals surface area contributed by atoms with Crippen LogP contribution in [0.3, 0.4) is 0 Å². The summed E-state index contributed by atoms with van der Waals surface area (Å²) in [6, 6.07) is 8.43. The van der Waals surface area contributed by atoms with E-state index in [-0.39, 0.29) is 24.0 Å². The van der Waals surface area contributed by atoms with E-state index in [0.717, 1.165) is 18.9 Å². The van der Waals surface area contributed by atoms with Gasteiger partial charge in [-0.15, -0.1) is 24.0 Å². The Balaban J connectivity index is 0.00000264. The minimum atomic E-state index is 0. The van der Waals surface area contributed by atoms with E-state index >= 15 is 0 Å². The second-order valence-corrected chi connectivity index (χ2v) is 4.96. The van der Waals surface area contributed by atoms with Crippen molar-refractivity contribution < 1.29 is 4.52 Å². The van der Waals surface area contributed by atoms with E-state index in [1.165, 1.54) is 11.1 Å². The van der Waals surface area contributed by atoms with Crippen LogP contribution in [0.25, 0.3) is 0 Å². The van der Waals surface area contributed by atoms with Gasteiger partial charge in [0.05, 0.1) is 0 Å². The molecular weight excluding hydrogens is 405 g/mol. The molecule has 0 saturated carbocycles. The van der Waals surface area contributed by atoms with Crippen LogP contribution in [0.15, 0.2) is 33.8 Å². The van der Waals surface area contributed by atoms with Crippen molar-refractivity contribution in [3.63, 3.8) is 0 Å². The summed E-state index contributed by atoms with van der Waals surface area (Å²) in [4.78, 5) is 8.39. The van der Waals surface area contributed by atoms with Crippen LogP contribution in [0, 0.1) is 6.92 Å². The zero-order chi connectivity index (χ0) is 15.8. The minimum absolute atomic E-state index is 0. The molecule has 0 amide bonds. The third-order valence-electron chi connectivity index (χ3n) is 3.37. The van der Waals surface area contributed by atoms with Crippen LogP contribution >= 0.6 is 24.0 Å². The Labute approximate surface area is 154 Å². The number of guanidine groups is 1. The van der Waals surface area contributed by atoms with Gasteiger partial charge in [0.1, 0.15) is 0 Å². The molecule has 6 nitrogen and oxygen atoms in total. The zero-order valence-electron chi connectivity index (χ0n) is 13.8. The predicted octanol–water partition coefficient (Wildman–Crippen LogP) is 2.47. The normalized spacial score (nSPS) is 11.0. The first kappa shape index (κ1) is 19.4. The smallest absolute Gasteiger partial charge is 0.228 e. The first-order chi connectivity index (χ1) is 10.7. The van der Waals surface area contributed by atoms with Crippen molar-refractivity contribution in [2.45, 2.75) is 33.2 Å². The standard InChI is InChI=1S/C16H23N5O.HI/c1-4-13-7-5-6-8-14(13)11-19-16(17-3)18-10-9-15-20-12(2)21-22-15;/h5-8H,4,9-11H2,1-3H3,(H2,17,18,19);1H. The van der Waals surface area contributed by atoms with E-state index in [0.29, 0.717) is 24.7 Å². The van der Waals surface area contributed by atoms with Gasteiger partial charge in [-0.05, 0) is 24.5 Å². The summed E-state index contributed by atoms with van der Waals surface area (Å²) >= 11 is 0. The Hall–Kier alpha value is -1.64. The summed E-state index contributed by atoms with van der Waals surface area (Å²) in [5, 5.41) is 10.3. The number of benzene rings is 1. The maximum absolute atomic E-state index is 5.08. The van der Waals surface area contributed by atoms with Crippen molar-refractivity contribution in [2.75, 3.05) is 13.6 Å². The topological polar surface area (TPSA) is 75.3 Å². The Morgan fingerprint density at radius 2 is 1.96 bits per heavy atom. The van der Waals surface area contributed by atoms with Crippen LogP contribution in [-0.4, -0.2) is 29.7 Å². The molecule has 126 valence electrons. The first-order valence-corrected chi connectivity index (χ1v) is 7.53. The van der Waals surface area contributed by atoms with Gasteiger partial charge in [0.25, 0.3) is 0 Å². The molecule has 0 spiro atoms. The molecule has 2 N–H and O–H groups in total. The Bertz CT molecular complexity index is 626. The van der Waals surface area contributed by atoms with Gasteiger partial charge in [-0.25, -0.2) is 0 Å². The predicted molar refractivity (Wildman–Crippen MR) is 102 cm³/mol. The summed E-state index contributed by atoms with van der Waals surface area (Å²) in [5.74, 6) is 2.06. The van der Waals surface area contributed by atoms with Crippen LogP contribution in [0.1, 0.15) is 29.8 Å². The fraction of sp³-hybridized carbons (Fsp3) is 0.438. The first-order valence-electron chi connectivity index (χ1n) is 7.53. The number of halogens is 1. The molecule has 0 aliphatic rings. The molecule has 1 aromatic heterocycles. The molecule has 0 fully saturated rings. The number of hydrogen-bond acceptors (Lipinski definition) is 4. The number of hydrogen-bond donors (Lipinski definition) is 2. The van der Waals surface area contributed by atoms with Crippen LogP contribution in [0.5, 0.6) is 0 Å². The molecule has 0 unspecified atom stereocenters. The van der Waals surface area contributed by atoms with Gasteiger partial charge in [-0.2, -0.15) is 4.98 Å². The molecule has 1 heterocycles. The van der Waals surface area contributed by atoms with Gasteiger partial charge in [0.2, 0.25) is 5.89 Å². The highest BCUT2D eigenvalue weighted by molar-refractivity contribution is 14.0. The monoisotopic (exact) mass is 429 g/mol. The third-order valence-corrected chi connectivity index (χ3v) is 3.37. The molecule has 23 heavy (non-hydrogen) atoms. The fourth-order valence-electron chi connectivity index (χ4n) is 2.20. The number of rotatable bonds is 6. The van der Waals surface area contributed by atoms with E-state index in [4.69, 9.17) is 4.52 Å². The summed E-state index contributed by atoms with van der Waals surface area (Å²) in [6.07, 6.45) is 1.70. The molecular formula is C16H24IN5O. The van der Waals surface area contributed by atoms with Gasteiger partial charge < -0.3 is 15.2 Å². The molecule has 1 aromatic carbocycles. The molecule has 0 radical (unpaired) electrons. The third kappa shape index (κ3) is 6.17. The van der Waals surface area contributed by atoms with Crippen LogP contribution in [0.4, 0.5) is 0 Å². The average molecular weight is 429 g/mol. The number of aryl methyl sites for hydroxylation is 2. The van der Waals surface area contributed by atoms with Crippen LogP contribution in [-0.2, 0) is 19.4 Å². The lowest BCUT2D eigenvalue weighted by Gasteiger charge is -2.13. The Morgan fingerprint density at radius 3 is 2.57 bits per heavy atom. The molecule has 0 bridgehead atoms. The lowest BCUT2D eigenvalue weighted by molar-refractivity contribution is 0.374. The van der Waals surface area contributed by atoms with Gasteiger partial charge in [-0.1, -0.05) is 36.3 Å². The van der Waals surface area contributed by atoms with E-state index in [1.807, 2.05) is 6.92 Å². The highest BCUT2D eigenvalue weighted by atomic mass is 127. The summed E-state index contributed by atoms with van der Waals surface area (Å²) in [7, 11) is 1.76. The average Bonchev–Trinajstić information content (AvgIpc) is 2.96. The van der Waals surface area contributed by atoms with E-state index in [2.05, 4.69) is 57.0 Å². The second kappa shape index (κ2) is 10.2. The second-order valence-electron chi connectivity index (χ2n) is 4.96. The maximum atomic E-state index is 5.08. The summed E-state index contributed by atoms with van der Waals surface area (Å²) in [6.45, 7) is 5.42. The van der Waals surface area contributed by atoms with Crippen molar-refractivity contribution in [1.82, 2.24) is 20.8 Å². The van der Waals surface area contributed by atoms with E-state index in [1.54, 1.807) is 7.05 Å². The van der Waals surface area contributed by atoms with Crippen LogP contribution < -0.4 is 10.6 Å². The van der Waals surface area contributed by atoms with Gasteiger partial charge in [-0.3, -0.25) is 4.99 Å². The zero-order valence-corrected chi connectivity index (χ0v) is 16.1. The highest BCUT2D eigenvalue weighted by Crippen LogP contribution is 2.08. The van der Waals surface area contributed by atoms with Gasteiger partial charge in [0, 0.05) is 26.6 Å². The van der Waals surface area contributed by atoms with Crippen molar-refractivity contribution in [3.05, 3.63) is 47.1 Å². The molecule has 0 saturated heterocycles. The minimum Gasteiger partial charge on any atom is -0.356 e. The molecule has 2 aromatic rings. The van der Waals surface area contributed by atoms with E-state index in [9.17, 15) is 0 Å². The number of nitrogens with one attached hydrogen (secondary N) is 2. The Kier molecular flexibility index (Phi) is 8.60.